The van der Waals surface area contributed by atoms with Crippen molar-refractivity contribution in [1.82, 2.24) is 0 Å². The number of benzene rings is 1. The Hall–Kier alpha value is -1.16. The highest BCUT2D eigenvalue weighted by Gasteiger charge is 2.34. The predicted octanol–water partition coefficient (Wildman–Crippen LogP) is 5.09. The van der Waals surface area contributed by atoms with E-state index in [0.717, 1.165) is 17.1 Å². The predicted molar refractivity (Wildman–Crippen MR) is 95.2 cm³/mol. The van der Waals surface area contributed by atoms with Gasteiger partial charge < -0.3 is 9.84 Å². The molecule has 0 saturated heterocycles. The molecule has 1 saturated carbocycles. The third kappa shape index (κ3) is 5.17. The molecule has 1 N–H and O–H groups in total. The summed E-state index contributed by atoms with van der Waals surface area (Å²) in [6, 6.07) is 7.95. The fourth-order valence-electron chi connectivity index (χ4n) is 3.55. The van der Waals surface area contributed by atoms with Gasteiger partial charge >= 0.3 is 5.97 Å². The summed E-state index contributed by atoms with van der Waals surface area (Å²) >= 11 is 1.72. The van der Waals surface area contributed by atoms with Crippen LogP contribution in [0.25, 0.3) is 0 Å². The maximum atomic E-state index is 11.8. The van der Waals surface area contributed by atoms with Crippen LogP contribution in [-0.4, -0.2) is 23.4 Å². The van der Waals surface area contributed by atoms with Crippen LogP contribution in [-0.2, 0) is 4.79 Å². The monoisotopic (exact) mass is 336 g/mol. The lowest BCUT2D eigenvalue weighted by atomic mass is 9.87. The molecule has 2 atom stereocenters. The molecule has 1 aromatic carbocycles. The smallest absolute Gasteiger partial charge is 0.307 e. The Labute approximate surface area is 143 Å². The summed E-state index contributed by atoms with van der Waals surface area (Å²) in [5.41, 5.74) is 0. The normalized spacial score (nSPS) is 18.1. The van der Waals surface area contributed by atoms with E-state index in [-0.39, 0.29) is 17.1 Å². The van der Waals surface area contributed by atoms with E-state index >= 15 is 0 Å². The van der Waals surface area contributed by atoms with Gasteiger partial charge in [-0.05, 0) is 42.5 Å². The second-order valence-electron chi connectivity index (χ2n) is 6.83. The summed E-state index contributed by atoms with van der Waals surface area (Å²) in [5, 5.41) is 9.84. The molecule has 0 radical (unpaired) electrons. The molecule has 128 valence electrons. The number of thioether (sulfide) groups is 1. The van der Waals surface area contributed by atoms with Gasteiger partial charge in [-0.2, -0.15) is 0 Å². The fourth-order valence-corrected chi connectivity index (χ4v) is 5.13. The SMILES string of the molecule is COc1ccc(SC(CC2CCCC2)C(C(=O)O)C(C)C)cc1. The van der Waals surface area contributed by atoms with Crippen LogP contribution in [0.15, 0.2) is 29.2 Å². The zero-order chi connectivity index (χ0) is 16.8. The van der Waals surface area contributed by atoms with Crippen LogP contribution in [0.5, 0.6) is 5.75 Å². The second-order valence-corrected chi connectivity index (χ2v) is 8.14. The van der Waals surface area contributed by atoms with Crippen molar-refractivity contribution in [2.75, 3.05) is 7.11 Å². The average molecular weight is 336 g/mol. The third-order valence-corrected chi connectivity index (χ3v) is 6.12. The summed E-state index contributed by atoms with van der Waals surface area (Å²) in [4.78, 5) is 12.9. The van der Waals surface area contributed by atoms with Crippen LogP contribution < -0.4 is 4.74 Å². The second kappa shape index (κ2) is 8.62. The van der Waals surface area contributed by atoms with E-state index in [4.69, 9.17) is 4.74 Å². The molecule has 0 heterocycles. The molecule has 0 aromatic heterocycles. The maximum absolute atomic E-state index is 11.8. The first-order valence-electron chi connectivity index (χ1n) is 8.54. The summed E-state index contributed by atoms with van der Waals surface area (Å²) in [6.07, 6.45) is 6.11. The Morgan fingerprint density at radius 2 is 1.87 bits per heavy atom. The summed E-state index contributed by atoms with van der Waals surface area (Å²) in [5.74, 6) is 0.697. The minimum atomic E-state index is -0.663. The van der Waals surface area contributed by atoms with Crippen molar-refractivity contribution < 1.29 is 14.6 Å². The van der Waals surface area contributed by atoms with Gasteiger partial charge in [0.05, 0.1) is 13.0 Å². The molecule has 0 spiro atoms. The van der Waals surface area contributed by atoms with E-state index in [0.29, 0.717) is 5.92 Å². The number of ether oxygens (including phenoxy) is 1. The van der Waals surface area contributed by atoms with Crippen LogP contribution in [0.3, 0.4) is 0 Å². The van der Waals surface area contributed by atoms with Crippen molar-refractivity contribution in [2.24, 2.45) is 17.8 Å². The number of carboxylic acids is 1. The first-order chi connectivity index (χ1) is 11.0. The highest BCUT2D eigenvalue weighted by atomic mass is 32.2. The summed E-state index contributed by atoms with van der Waals surface area (Å²) in [6.45, 7) is 4.05. The lowest BCUT2D eigenvalue weighted by molar-refractivity contribution is -0.143. The van der Waals surface area contributed by atoms with Crippen molar-refractivity contribution in [3.63, 3.8) is 0 Å². The lowest BCUT2D eigenvalue weighted by Crippen LogP contribution is -2.31. The van der Waals surface area contributed by atoms with E-state index in [2.05, 4.69) is 0 Å². The van der Waals surface area contributed by atoms with Gasteiger partial charge in [0, 0.05) is 10.1 Å². The topological polar surface area (TPSA) is 46.5 Å². The number of rotatable bonds is 8. The third-order valence-electron chi connectivity index (χ3n) is 4.79. The molecule has 2 unspecified atom stereocenters. The number of hydrogen-bond acceptors (Lipinski definition) is 3. The van der Waals surface area contributed by atoms with Gasteiger partial charge in [0.15, 0.2) is 0 Å². The number of carbonyl (C=O) groups is 1. The average Bonchev–Trinajstić information content (AvgIpc) is 3.00. The minimum absolute atomic E-state index is 0.129. The zero-order valence-corrected chi connectivity index (χ0v) is 15.1. The molecule has 23 heavy (non-hydrogen) atoms. The van der Waals surface area contributed by atoms with E-state index < -0.39 is 5.97 Å². The molecule has 1 fully saturated rings. The molecular formula is C19H28O3S. The van der Waals surface area contributed by atoms with Crippen LogP contribution >= 0.6 is 11.8 Å². The van der Waals surface area contributed by atoms with Gasteiger partial charge in [0.2, 0.25) is 0 Å². The first kappa shape index (κ1) is 18.2. The number of aliphatic carboxylic acids is 1. The highest BCUT2D eigenvalue weighted by molar-refractivity contribution is 8.00. The van der Waals surface area contributed by atoms with Gasteiger partial charge in [0.25, 0.3) is 0 Å². The van der Waals surface area contributed by atoms with Gasteiger partial charge in [-0.15, -0.1) is 11.8 Å². The van der Waals surface area contributed by atoms with Crippen LogP contribution in [0.4, 0.5) is 0 Å². The maximum Gasteiger partial charge on any atom is 0.307 e. The fraction of sp³-hybridized carbons (Fsp3) is 0.632. The molecule has 1 aliphatic rings. The van der Waals surface area contributed by atoms with Crippen molar-refractivity contribution in [3.05, 3.63) is 24.3 Å². The molecule has 4 heteroatoms. The largest absolute Gasteiger partial charge is 0.497 e. The standard InChI is InChI=1S/C19H28O3S/c1-13(2)18(19(20)21)17(12-14-6-4-5-7-14)23-16-10-8-15(22-3)9-11-16/h8-11,13-14,17-18H,4-7,12H2,1-3H3,(H,20,21). The minimum Gasteiger partial charge on any atom is -0.497 e. The van der Waals surface area contributed by atoms with Crippen molar-refractivity contribution >= 4 is 17.7 Å². The molecule has 3 nitrogen and oxygen atoms in total. The van der Waals surface area contributed by atoms with Gasteiger partial charge in [0.1, 0.15) is 5.75 Å². The highest BCUT2D eigenvalue weighted by Crippen LogP contribution is 2.40. The Kier molecular flexibility index (Phi) is 6.82. The Balaban J connectivity index is 2.14. The lowest BCUT2D eigenvalue weighted by Gasteiger charge is -2.28. The van der Waals surface area contributed by atoms with Gasteiger partial charge in [-0.25, -0.2) is 0 Å². The number of hydrogen-bond donors (Lipinski definition) is 1. The number of methoxy groups -OCH3 is 1. The van der Waals surface area contributed by atoms with Crippen molar-refractivity contribution in [1.29, 1.82) is 0 Å². The summed E-state index contributed by atoms with van der Waals surface area (Å²) < 4.78 is 5.20. The van der Waals surface area contributed by atoms with E-state index in [1.807, 2.05) is 38.1 Å². The molecule has 0 bridgehead atoms. The Morgan fingerprint density at radius 1 is 1.26 bits per heavy atom. The molecule has 0 amide bonds. The van der Waals surface area contributed by atoms with Gasteiger partial charge in [-0.3, -0.25) is 4.79 Å². The molecule has 1 aliphatic carbocycles. The molecular weight excluding hydrogens is 308 g/mol. The summed E-state index contributed by atoms with van der Waals surface area (Å²) in [7, 11) is 1.66. The van der Waals surface area contributed by atoms with E-state index in [1.54, 1.807) is 18.9 Å². The first-order valence-corrected chi connectivity index (χ1v) is 9.42. The van der Waals surface area contributed by atoms with Crippen LogP contribution in [0, 0.1) is 17.8 Å². The van der Waals surface area contributed by atoms with E-state index in [1.165, 1.54) is 25.7 Å². The van der Waals surface area contributed by atoms with Gasteiger partial charge in [-0.1, -0.05) is 39.5 Å². The zero-order valence-electron chi connectivity index (χ0n) is 14.3. The Morgan fingerprint density at radius 3 is 2.35 bits per heavy atom. The van der Waals surface area contributed by atoms with Crippen LogP contribution in [0.1, 0.15) is 46.0 Å². The van der Waals surface area contributed by atoms with E-state index in [9.17, 15) is 9.90 Å². The van der Waals surface area contributed by atoms with Crippen molar-refractivity contribution in [2.45, 2.75) is 56.1 Å². The molecule has 1 aromatic rings. The number of carboxylic acid groups (broad SMARTS) is 1. The molecule has 2 rings (SSSR count). The van der Waals surface area contributed by atoms with Crippen LogP contribution in [0.2, 0.25) is 0 Å². The molecule has 0 aliphatic heterocycles. The quantitative estimate of drug-likeness (QED) is 0.671. The Bertz CT molecular complexity index is 492. The van der Waals surface area contributed by atoms with Crippen molar-refractivity contribution in [3.8, 4) is 5.75 Å².